The van der Waals surface area contributed by atoms with Crippen molar-refractivity contribution in [1.29, 1.82) is 0 Å². The molecule has 2 atom stereocenters. The first-order valence-electron chi connectivity index (χ1n) is 4.74. The van der Waals surface area contributed by atoms with Gasteiger partial charge in [0.2, 0.25) is 5.91 Å². The van der Waals surface area contributed by atoms with Crippen molar-refractivity contribution < 1.29 is 19.4 Å². The summed E-state index contributed by atoms with van der Waals surface area (Å²) in [4.78, 5) is 22.0. The van der Waals surface area contributed by atoms with Crippen LogP contribution in [0.1, 0.15) is 19.8 Å². The zero-order valence-corrected chi connectivity index (χ0v) is 9.03. The number of ether oxygens (including phenoxy) is 1. The lowest BCUT2D eigenvalue weighted by atomic mass is 10.1. The topological polar surface area (TPSA) is 102 Å². The normalized spacial score (nSPS) is 14.1. The number of rotatable bonds is 6. The van der Waals surface area contributed by atoms with Crippen LogP contribution in [0.2, 0.25) is 0 Å². The van der Waals surface area contributed by atoms with Gasteiger partial charge in [-0.1, -0.05) is 0 Å². The third-order valence-electron chi connectivity index (χ3n) is 1.92. The predicted octanol–water partition coefficient (Wildman–Crippen LogP) is -1.24. The molecule has 0 aliphatic rings. The second-order valence-electron chi connectivity index (χ2n) is 3.24. The number of carbonyl (C=O) groups is 2. The molecule has 0 rings (SSSR count). The molecule has 0 aromatic heterocycles. The number of carbonyl (C=O) groups excluding carboxylic acids is 2. The Morgan fingerprint density at radius 1 is 1.47 bits per heavy atom. The Bertz CT molecular complexity index is 220. The highest BCUT2D eigenvalue weighted by Gasteiger charge is 2.20. The fourth-order valence-corrected chi connectivity index (χ4v) is 1.11. The first-order valence-corrected chi connectivity index (χ1v) is 4.74. The third kappa shape index (κ3) is 6.03. The van der Waals surface area contributed by atoms with Gasteiger partial charge in [0.05, 0.1) is 13.2 Å². The van der Waals surface area contributed by atoms with Gasteiger partial charge in [0, 0.05) is 13.5 Å². The van der Waals surface area contributed by atoms with E-state index in [0.29, 0.717) is 12.8 Å². The quantitative estimate of drug-likeness (QED) is 0.484. The summed E-state index contributed by atoms with van der Waals surface area (Å²) in [5, 5.41) is 11.7. The number of methoxy groups -OCH3 is 1. The maximum Gasteiger partial charge on any atom is 0.328 e. The first kappa shape index (κ1) is 13.9. The molecule has 88 valence electrons. The Morgan fingerprint density at radius 3 is 2.47 bits per heavy atom. The lowest BCUT2D eigenvalue weighted by molar-refractivity contribution is -0.145. The number of hydrogen-bond acceptors (Lipinski definition) is 5. The average molecular weight is 218 g/mol. The Balaban J connectivity index is 4.12. The van der Waals surface area contributed by atoms with Crippen molar-refractivity contribution in [3.05, 3.63) is 0 Å². The van der Waals surface area contributed by atoms with E-state index in [0.717, 1.165) is 0 Å². The van der Waals surface area contributed by atoms with Gasteiger partial charge in [0.1, 0.15) is 6.04 Å². The van der Waals surface area contributed by atoms with E-state index < -0.39 is 18.1 Å². The molecule has 0 bridgehead atoms. The molecule has 15 heavy (non-hydrogen) atoms. The van der Waals surface area contributed by atoms with Crippen LogP contribution in [-0.2, 0) is 14.3 Å². The highest BCUT2D eigenvalue weighted by Crippen LogP contribution is 2.03. The number of nitrogens with one attached hydrogen (secondary N) is 1. The summed E-state index contributed by atoms with van der Waals surface area (Å²) in [5.41, 5.74) is 5.21. The summed E-state index contributed by atoms with van der Waals surface area (Å²) in [6.45, 7) is 1.45. The maximum atomic E-state index is 11.2. The number of aliphatic hydroxyl groups excluding tert-OH is 1. The van der Waals surface area contributed by atoms with E-state index in [1.807, 2.05) is 0 Å². The molecule has 0 heterocycles. The minimum atomic E-state index is -0.714. The molecular formula is C9H18N2O4. The van der Waals surface area contributed by atoms with Crippen LogP contribution in [0, 0.1) is 0 Å². The van der Waals surface area contributed by atoms with E-state index in [-0.39, 0.29) is 12.5 Å². The van der Waals surface area contributed by atoms with Gasteiger partial charge in [0.25, 0.3) is 0 Å². The summed E-state index contributed by atoms with van der Waals surface area (Å²) in [6.07, 6.45) is -0.00726. The molecule has 6 heteroatoms. The van der Waals surface area contributed by atoms with E-state index >= 15 is 0 Å². The zero-order chi connectivity index (χ0) is 11.8. The van der Waals surface area contributed by atoms with Crippen LogP contribution in [0.5, 0.6) is 0 Å². The number of amides is 1. The number of nitrogens with two attached hydrogens (primary N) is 1. The molecule has 0 aliphatic heterocycles. The smallest absolute Gasteiger partial charge is 0.328 e. The molecule has 0 saturated heterocycles. The largest absolute Gasteiger partial charge is 0.467 e. The minimum absolute atomic E-state index is 0.133. The van der Waals surface area contributed by atoms with Gasteiger partial charge in [-0.05, 0) is 12.8 Å². The molecule has 6 nitrogen and oxygen atoms in total. The van der Waals surface area contributed by atoms with Crippen LogP contribution in [0.4, 0.5) is 0 Å². The minimum Gasteiger partial charge on any atom is -0.467 e. The molecule has 4 N–H and O–H groups in total. The maximum absolute atomic E-state index is 11.2. The van der Waals surface area contributed by atoms with Gasteiger partial charge in [-0.25, -0.2) is 4.79 Å². The van der Waals surface area contributed by atoms with E-state index in [4.69, 9.17) is 5.73 Å². The third-order valence-corrected chi connectivity index (χ3v) is 1.92. The van der Waals surface area contributed by atoms with Gasteiger partial charge in [-0.2, -0.15) is 0 Å². The number of hydrogen-bond donors (Lipinski definition) is 3. The Hall–Kier alpha value is -1.14. The summed E-state index contributed by atoms with van der Waals surface area (Å²) < 4.78 is 4.51. The second-order valence-corrected chi connectivity index (χ2v) is 3.24. The summed E-state index contributed by atoms with van der Waals surface area (Å²) in [7, 11) is 1.25. The van der Waals surface area contributed by atoms with Crippen molar-refractivity contribution in [3.8, 4) is 0 Å². The zero-order valence-electron chi connectivity index (χ0n) is 9.03. The molecular weight excluding hydrogens is 200 g/mol. The number of esters is 1. The molecule has 0 aliphatic carbocycles. The Morgan fingerprint density at radius 2 is 2.07 bits per heavy atom. The van der Waals surface area contributed by atoms with Crippen molar-refractivity contribution in [2.45, 2.75) is 31.9 Å². The van der Waals surface area contributed by atoms with E-state index in [1.54, 1.807) is 0 Å². The van der Waals surface area contributed by atoms with Crippen LogP contribution in [0.25, 0.3) is 0 Å². The standard InChI is InChI=1S/C9H18N2O4/c1-6(12)11-8(9(14)15-2)4-3-7(13)5-10/h7-8,13H,3-5,10H2,1-2H3,(H,11,12). The summed E-state index contributed by atoms with van der Waals surface area (Å²) >= 11 is 0. The molecule has 0 saturated carbocycles. The van der Waals surface area contributed by atoms with Gasteiger partial charge >= 0.3 is 5.97 Å². The van der Waals surface area contributed by atoms with E-state index in [1.165, 1.54) is 14.0 Å². The van der Waals surface area contributed by atoms with Crippen molar-refractivity contribution >= 4 is 11.9 Å². The Labute approximate surface area is 88.8 Å². The molecule has 0 spiro atoms. The van der Waals surface area contributed by atoms with Gasteiger partial charge in [-0.3, -0.25) is 4.79 Å². The predicted molar refractivity (Wildman–Crippen MR) is 53.9 cm³/mol. The highest BCUT2D eigenvalue weighted by atomic mass is 16.5. The fourth-order valence-electron chi connectivity index (χ4n) is 1.11. The number of aliphatic hydroxyl groups is 1. The average Bonchev–Trinajstić information content (AvgIpc) is 2.21. The fraction of sp³-hybridized carbons (Fsp3) is 0.778. The lowest BCUT2D eigenvalue weighted by Crippen LogP contribution is -2.41. The van der Waals surface area contributed by atoms with Gasteiger partial charge < -0.3 is 20.9 Å². The highest BCUT2D eigenvalue weighted by molar-refractivity contribution is 5.83. The van der Waals surface area contributed by atoms with E-state index in [2.05, 4.69) is 10.1 Å². The van der Waals surface area contributed by atoms with Crippen molar-refractivity contribution in [2.24, 2.45) is 5.73 Å². The second kappa shape index (κ2) is 7.19. The first-order chi connectivity index (χ1) is 7.01. The van der Waals surface area contributed by atoms with E-state index in [9.17, 15) is 14.7 Å². The lowest BCUT2D eigenvalue weighted by Gasteiger charge is -2.16. The van der Waals surface area contributed by atoms with Crippen molar-refractivity contribution in [2.75, 3.05) is 13.7 Å². The van der Waals surface area contributed by atoms with Crippen LogP contribution in [-0.4, -0.2) is 42.8 Å². The Kier molecular flexibility index (Phi) is 6.64. The van der Waals surface area contributed by atoms with Crippen LogP contribution >= 0.6 is 0 Å². The molecule has 0 fully saturated rings. The van der Waals surface area contributed by atoms with Gasteiger partial charge in [0.15, 0.2) is 0 Å². The van der Waals surface area contributed by atoms with Crippen LogP contribution in [0.3, 0.4) is 0 Å². The summed E-state index contributed by atoms with van der Waals surface area (Å²) in [5.74, 6) is -0.831. The molecule has 1 amide bonds. The van der Waals surface area contributed by atoms with Crippen LogP contribution < -0.4 is 11.1 Å². The molecule has 2 unspecified atom stereocenters. The molecule has 0 aromatic carbocycles. The molecule has 0 radical (unpaired) electrons. The van der Waals surface area contributed by atoms with Crippen molar-refractivity contribution in [3.63, 3.8) is 0 Å². The van der Waals surface area contributed by atoms with Crippen molar-refractivity contribution in [1.82, 2.24) is 5.32 Å². The molecule has 0 aromatic rings. The van der Waals surface area contributed by atoms with Gasteiger partial charge in [-0.15, -0.1) is 0 Å². The monoisotopic (exact) mass is 218 g/mol. The SMILES string of the molecule is COC(=O)C(CCC(O)CN)NC(C)=O. The van der Waals surface area contributed by atoms with Crippen LogP contribution in [0.15, 0.2) is 0 Å². The summed E-state index contributed by atoms with van der Waals surface area (Å²) in [6, 6.07) is -0.714.